The van der Waals surface area contributed by atoms with Gasteiger partial charge >= 0.3 is 0 Å². The molecule has 3 heterocycles. The molecule has 0 bridgehead atoms. The maximum atomic E-state index is 4.59. The summed E-state index contributed by atoms with van der Waals surface area (Å²) in [7, 11) is 1.90. The molecule has 7 heteroatoms. The van der Waals surface area contributed by atoms with Crippen molar-refractivity contribution in [2.24, 2.45) is 7.05 Å². The molecule has 0 unspecified atom stereocenters. The minimum absolute atomic E-state index is 0.642. The van der Waals surface area contributed by atoms with Crippen molar-refractivity contribution < 1.29 is 0 Å². The Hall–Kier alpha value is -2.28. The van der Waals surface area contributed by atoms with E-state index in [0.29, 0.717) is 6.54 Å². The Bertz CT molecular complexity index is 732. The van der Waals surface area contributed by atoms with Gasteiger partial charge in [-0.3, -0.25) is 4.68 Å². The van der Waals surface area contributed by atoms with Gasteiger partial charge in [0, 0.05) is 30.4 Å². The summed E-state index contributed by atoms with van der Waals surface area (Å²) in [6.45, 7) is 2.72. The monoisotopic (exact) mass is 300 g/mol. The predicted molar refractivity (Wildman–Crippen MR) is 83.1 cm³/mol. The first-order valence-electron chi connectivity index (χ1n) is 6.74. The van der Waals surface area contributed by atoms with Crippen LogP contribution in [-0.2, 0) is 20.0 Å². The number of aromatic nitrogens is 5. The second-order valence-electron chi connectivity index (χ2n) is 4.62. The average molecular weight is 300 g/mol. The molecule has 0 fully saturated rings. The number of nitrogens with one attached hydrogen (secondary N) is 1. The van der Waals surface area contributed by atoms with Gasteiger partial charge in [0.05, 0.1) is 12.2 Å². The van der Waals surface area contributed by atoms with Crippen LogP contribution in [0.5, 0.6) is 0 Å². The van der Waals surface area contributed by atoms with E-state index in [0.717, 1.165) is 34.3 Å². The smallest absolute Gasteiger partial charge is 0.144 e. The lowest BCUT2D eigenvalue weighted by Crippen LogP contribution is -2.03. The van der Waals surface area contributed by atoms with Gasteiger partial charge in [0.15, 0.2) is 0 Å². The number of hydrogen-bond acceptors (Lipinski definition) is 6. The molecule has 108 valence electrons. The van der Waals surface area contributed by atoms with E-state index in [1.807, 2.05) is 30.8 Å². The van der Waals surface area contributed by atoms with Crippen molar-refractivity contribution in [3.05, 3.63) is 41.4 Å². The third kappa shape index (κ3) is 3.25. The van der Waals surface area contributed by atoms with Crippen LogP contribution in [0.3, 0.4) is 0 Å². The molecule has 6 nitrogen and oxygen atoms in total. The molecule has 3 rings (SSSR count). The summed E-state index contributed by atoms with van der Waals surface area (Å²) in [5, 5.41) is 10.6. The summed E-state index contributed by atoms with van der Waals surface area (Å²) in [5.41, 5.74) is 2.92. The molecule has 1 N–H and O–H groups in total. The summed E-state index contributed by atoms with van der Waals surface area (Å²) < 4.78 is 1.78. The van der Waals surface area contributed by atoms with Crippen LogP contribution in [0, 0.1) is 0 Å². The van der Waals surface area contributed by atoms with E-state index < -0.39 is 0 Å². The number of aryl methyl sites for hydroxylation is 2. The van der Waals surface area contributed by atoms with Gasteiger partial charge in [-0.25, -0.2) is 15.0 Å². The van der Waals surface area contributed by atoms with E-state index in [1.165, 1.54) is 0 Å². The SMILES string of the molecule is CCc1cc(NCc2csc(-c3ccn(C)n3)n2)ncn1. The number of rotatable bonds is 5. The third-order valence-electron chi connectivity index (χ3n) is 3.02. The highest BCUT2D eigenvalue weighted by Gasteiger charge is 2.07. The lowest BCUT2D eigenvalue weighted by atomic mass is 10.3. The zero-order valence-electron chi connectivity index (χ0n) is 11.9. The number of hydrogen-bond donors (Lipinski definition) is 1. The van der Waals surface area contributed by atoms with Crippen LogP contribution >= 0.6 is 11.3 Å². The average Bonchev–Trinajstić information content (AvgIpc) is 3.14. The molecule has 0 saturated heterocycles. The van der Waals surface area contributed by atoms with E-state index in [-0.39, 0.29) is 0 Å². The quantitative estimate of drug-likeness (QED) is 0.784. The topological polar surface area (TPSA) is 68.5 Å². The Labute approximate surface area is 126 Å². The fourth-order valence-corrected chi connectivity index (χ4v) is 2.69. The molecule has 0 aliphatic carbocycles. The molecule has 0 saturated carbocycles. The van der Waals surface area contributed by atoms with Crippen LogP contribution in [0.1, 0.15) is 18.3 Å². The molecule has 0 aliphatic rings. The van der Waals surface area contributed by atoms with Gasteiger partial charge in [0.25, 0.3) is 0 Å². The lowest BCUT2D eigenvalue weighted by molar-refractivity contribution is 0.770. The van der Waals surface area contributed by atoms with Gasteiger partial charge in [-0.05, 0) is 12.5 Å². The first-order valence-corrected chi connectivity index (χ1v) is 7.62. The molecular formula is C14H16N6S. The highest BCUT2D eigenvalue weighted by molar-refractivity contribution is 7.13. The van der Waals surface area contributed by atoms with Gasteiger partial charge < -0.3 is 5.32 Å². The van der Waals surface area contributed by atoms with Gasteiger partial charge in [-0.1, -0.05) is 6.92 Å². The van der Waals surface area contributed by atoms with Crippen molar-refractivity contribution in [3.8, 4) is 10.7 Å². The van der Waals surface area contributed by atoms with Crippen LogP contribution in [0.2, 0.25) is 0 Å². The van der Waals surface area contributed by atoms with Crippen LogP contribution in [0.25, 0.3) is 10.7 Å². The summed E-state index contributed by atoms with van der Waals surface area (Å²) in [4.78, 5) is 13.0. The Morgan fingerprint density at radius 2 is 2.19 bits per heavy atom. The Balaban J connectivity index is 1.67. The molecular weight excluding hydrogens is 284 g/mol. The van der Waals surface area contributed by atoms with Crippen LogP contribution < -0.4 is 5.32 Å². The fourth-order valence-electron chi connectivity index (χ4n) is 1.90. The molecule has 0 spiro atoms. The molecule has 0 aromatic carbocycles. The summed E-state index contributed by atoms with van der Waals surface area (Å²) >= 11 is 1.60. The summed E-state index contributed by atoms with van der Waals surface area (Å²) in [6.07, 6.45) is 4.40. The van der Waals surface area contributed by atoms with Crippen LogP contribution in [-0.4, -0.2) is 24.7 Å². The Morgan fingerprint density at radius 3 is 2.95 bits per heavy atom. The van der Waals surface area contributed by atoms with Crippen molar-refractivity contribution >= 4 is 17.2 Å². The van der Waals surface area contributed by atoms with Crippen LogP contribution in [0.15, 0.2) is 30.0 Å². The Kier molecular flexibility index (Phi) is 3.92. The van der Waals surface area contributed by atoms with E-state index in [2.05, 4.69) is 32.3 Å². The van der Waals surface area contributed by atoms with Gasteiger partial charge in [0.1, 0.15) is 22.8 Å². The van der Waals surface area contributed by atoms with Crippen molar-refractivity contribution in [2.45, 2.75) is 19.9 Å². The second kappa shape index (κ2) is 6.01. The fraction of sp³-hybridized carbons (Fsp3) is 0.286. The van der Waals surface area contributed by atoms with E-state index in [9.17, 15) is 0 Å². The van der Waals surface area contributed by atoms with E-state index in [1.54, 1.807) is 22.3 Å². The minimum atomic E-state index is 0.642. The maximum Gasteiger partial charge on any atom is 0.144 e. The maximum absolute atomic E-state index is 4.59. The Morgan fingerprint density at radius 1 is 1.29 bits per heavy atom. The third-order valence-corrected chi connectivity index (χ3v) is 3.93. The number of nitrogens with zero attached hydrogens (tertiary/aromatic N) is 5. The van der Waals surface area contributed by atoms with Crippen molar-refractivity contribution in [1.29, 1.82) is 0 Å². The highest BCUT2D eigenvalue weighted by Crippen LogP contribution is 2.22. The zero-order valence-corrected chi connectivity index (χ0v) is 12.8. The van der Waals surface area contributed by atoms with Gasteiger partial charge in [-0.2, -0.15) is 5.10 Å². The predicted octanol–water partition coefficient (Wildman–Crippen LogP) is 2.51. The molecule has 0 radical (unpaired) electrons. The second-order valence-corrected chi connectivity index (χ2v) is 5.48. The van der Waals surface area contributed by atoms with E-state index in [4.69, 9.17) is 0 Å². The van der Waals surface area contributed by atoms with Gasteiger partial charge in [0.2, 0.25) is 0 Å². The van der Waals surface area contributed by atoms with Crippen molar-refractivity contribution in [1.82, 2.24) is 24.7 Å². The molecule has 3 aromatic heterocycles. The lowest BCUT2D eigenvalue weighted by Gasteiger charge is -2.04. The molecule has 0 amide bonds. The number of anilines is 1. The number of thiazole rings is 1. The molecule has 21 heavy (non-hydrogen) atoms. The summed E-state index contributed by atoms with van der Waals surface area (Å²) in [5.74, 6) is 0.828. The normalized spacial score (nSPS) is 10.8. The van der Waals surface area contributed by atoms with Crippen LogP contribution in [0.4, 0.5) is 5.82 Å². The molecule has 0 atom stereocenters. The first-order chi connectivity index (χ1) is 10.2. The molecule has 0 aliphatic heterocycles. The first kappa shape index (κ1) is 13.7. The van der Waals surface area contributed by atoms with Gasteiger partial charge in [-0.15, -0.1) is 11.3 Å². The zero-order chi connectivity index (χ0) is 14.7. The largest absolute Gasteiger partial charge is 0.364 e. The minimum Gasteiger partial charge on any atom is -0.364 e. The highest BCUT2D eigenvalue weighted by atomic mass is 32.1. The van der Waals surface area contributed by atoms with E-state index >= 15 is 0 Å². The molecule has 3 aromatic rings. The standard InChI is InChI=1S/C14H16N6S/c1-3-10-6-13(17-9-16-10)15-7-11-8-21-14(18-11)12-4-5-20(2)19-12/h4-6,8-9H,3,7H2,1-2H3,(H,15,16,17). The summed E-state index contributed by atoms with van der Waals surface area (Å²) in [6, 6.07) is 3.93. The van der Waals surface area contributed by atoms with Crippen molar-refractivity contribution in [3.63, 3.8) is 0 Å². The van der Waals surface area contributed by atoms with Crippen molar-refractivity contribution in [2.75, 3.05) is 5.32 Å².